The van der Waals surface area contributed by atoms with Gasteiger partial charge >= 0.3 is 0 Å². The first-order chi connectivity index (χ1) is 10.1. The SMILES string of the molecule is CCCCC1CC(NC2CCCC2)CN(C(=O)C(C)C)C1. The Bertz CT molecular complexity index is 323. The molecule has 2 atom stereocenters. The molecule has 21 heavy (non-hydrogen) atoms. The van der Waals surface area contributed by atoms with Crippen LogP contribution < -0.4 is 5.32 Å². The highest BCUT2D eigenvalue weighted by Gasteiger charge is 2.31. The average Bonchev–Trinajstić information content (AvgIpc) is 2.96. The van der Waals surface area contributed by atoms with E-state index in [1.54, 1.807) is 0 Å². The van der Waals surface area contributed by atoms with Gasteiger partial charge in [-0.15, -0.1) is 0 Å². The Labute approximate surface area is 130 Å². The maximum Gasteiger partial charge on any atom is 0.225 e. The molecule has 0 aromatic carbocycles. The quantitative estimate of drug-likeness (QED) is 0.812. The monoisotopic (exact) mass is 294 g/mol. The number of piperidine rings is 1. The molecule has 0 aromatic rings. The molecule has 2 rings (SSSR count). The van der Waals surface area contributed by atoms with Crippen molar-refractivity contribution >= 4 is 5.91 Å². The lowest BCUT2D eigenvalue weighted by molar-refractivity contribution is -0.137. The molecular formula is C18H34N2O. The van der Waals surface area contributed by atoms with Crippen molar-refractivity contribution in [3.63, 3.8) is 0 Å². The lowest BCUT2D eigenvalue weighted by Gasteiger charge is -2.40. The topological polar surface area (TPSA) is 32.3 Å². The van der Waals surface area contributed by atoms with Gasteiger partial charge in [0, 0.05) is 31.1 Å². The molecule has 2 aliphatic rings. The number of carbonyl (C=O) groups excluding carboxylic acids is 1. The van der Waals surface area contributed by atoms with Crippen LogP contribution in [0.25, 0.3) is 0 Å². The maximum atomic E-state index is 12.4. The van der Waals surface area contributed by atoms with Crippen molar-refractivity contribution in [1.82, 2.24) is 10.2 Å². The highest BCUT2D eigenvalue weighted by Crippen LogP contribution is 2.26. The number of hydrogen-bond acceptors (Lipinski definition) is 2. The van der Waals surface area contributed by atoms with Crippen LogP contribution in [0.4, 0.5) is 0 Å². The molecule has 0 spiro atoms. The third kappa shape index (κ3) is 4.98. The van der Waals surface area contributed by atoms with Gasteiger partial charge < -0.3 is 10.2 Å². The molecule has 3 heteroatoms. The predicted molar refractivity (Wildman–Crippen MR) is 88.2 cm³/mol. The molecular weight excluding hydrogens is 260 g/mol. The molecule has 1 N–H and O–H groups in total. The van der Waals surface area contributed by atoms with Crippen molar-refractivity contribution in [2.24, 2.45) is 11.8 Å². The number of hydrogen-bond donors (Lipinski definition) is 1. The average molecular weight is 294 g/mol. The molecule has 122 valence electrons. The highest BCUT2D eigenvalue weighted by molar-refractivity contribution is 5.78. The Morgan fingerprint density at radius 1 is 1.19 bits per heavy atom. The summed E-state index contributed by atoms with van der Waals surface area (Å²) in [6.07, 6.45) is 10.5. The van der Waals surface area contributed by atoms with Crippen molar-refractivity contribution in [2.45, 2.75) is 84.2 Å². The fourth-order valence-electron chi connectivity index (χ4n) is 4.00. The summed E-state index contributed by atoms with van der Waals surface area (Å²) < 4.78 is 0. The van der Waals surface area contributed by atoms with Crippen LogP contribution in [0.1, 0.15) is 72.1 Å². The Hall–Kier alpha value is -0.570. The summed E-state index contributed by atoms with van der Waals surface area (Å²) in [5.41, 5.74) is 0. The van der Waals surface area contributed by atoms with Gasteiger partial charge in [-0.1, -0.05) is 46.5 Å². The molecule has 2 fully saturated rings. The zero-order chi connectivity index (χ0) is 15.2. The number of amides is 1. The molecule has 0 bridgehead atoms. The van der Waals surface area contributed by atoms with Gasteiger partial charge in [0.05, 0.1) is 0 Å². The van der Waals surface area contributed by atoms with E-state index < -0.39 is 0 Å². The third-order valence-electron chi connectivity index (χ3n) is 5.14. The predicted octanol–water partition coefficient (Wildman–Crippen LogP) is 3.58. The van der Waals surface area contributed by atoms with E-state index in [1.807, 2.05) is 13.8 Å². The van der Waals surface area contributed by atoms with Crippen LogP contribution in [0.5, 0.6) is 0 Å². The van der Waals surface area contributed by atoms with Gasteiger partial charge in [-0.3, -0.25) is 4.79 Å². The normalized spacial score (nSPS) is 27.5. The van der Waals surface area contributed by atoms with Gasteiger partial charge in [-0.25, -0.2) is 0 Å². The summed E-state index contributed by atoms with van der Waals surface area (Å²) in [6.45, 7) is 8.22. The summed E-state index contributed by atoms with van der Waals surface area (Å²) in [5, 5.41) is 3.85. The van der Waals surface area contributed by atoms with E-state index in [1.165, 1.54) is 51.4 Å². The van der Waals surface area contributed by atoms with Crippen LogP contribution in [0.2, 0.25) is 0 Å². The molecule has 1 amide bonds. The number of carbonyl (C=O) groups is 1. The highest BCUT2D eigenvalue weighted by atomic mass is 16.2. The van der Waals surface area contributed by atoms with E-state index in [9.17, 15) is 4.79 Å². The van der Waals surface area contributed by atoms with Crippen molar-refractivity contribution < 1.29 is 4.79 Å². The second-order valence-electron chi connectivity index (χ2n) is 7.49. The van der Waals surface area contributed by atoms with Gasteiger partial charge in [-0.2, -0.15) is 0 Å². The molecule has 1 aliphatic heterocycles. The summed E-state index contributed by atoms with van der Waals surface area (Å²) in [5.74, 6) is 1.16. The smallest absolute Gasteiger partial charge is 0.225 e. The van der Waals surface area contributed by atoms with E-state index in [-0.39, 0.29) is 5.92 Å². The van der Waals surface area contributed by atoms with E-state index in [0.29, 0.717) is 23.9 Å². The summed E-state index contributed by atoms with van der Waals surface area (Å²) in [6, 6.07) is 1.22. The van der Waals surface area contributed by atoms with Crippen LogP contribution in [-0.2, 0) is 4.79 Å². The number of unbranched alkanes of at least 4 members (excludes halogenated alkanes) is 1. The van der Waals surface area contributed by atoms with Crippen molar-refractivity contribution in [1.29, 1.82) is 0 Å². The second kappa shape index (κ2) is 8.17. The standard InChI is InChI=1S/C18H34N2O/c1-4-5-8-15-11-17(19-16-9-6-7-10-16)13-20(12-15)18(21)14(2)3/h14-17,19H,4-13H2,1-3H3. The molecule has 3 nitrogen and oxygen atoms in total. The molecule has 0 aromatic heterocycles. The first kappa shape index (κ1) is 16.8. The van der Waals surface area contributed by atoms with Crippen LogP contribution >= 0.6 is 0 Å². The maximum absolute atomic E-state index is 12.4. The molecule has 1 aliphatic carbocycles. The Morgan fingerprint density at radius 3 is 2.52 bits per heavy atom. The fourth-order valence-corrected chi connectivity index (χ4v) is 4.00. The number of nitrogens with zero attached hydrogens (tertiary/aromatic N) is 1. The van der Waals surface area contributed by atoms with Gasteiger partial charge in [-0.05, 0) is 31.6 Å². The van der Waals surface area contributed by atoms with Crippen LogP contribution in [0.3, 0.4) is 0 Å². The van der Waals surface area contributed by atoms with Crippen molar-refractivity contribution in [3.8, 4) is 0 Å². The molecule has 1 saturated heterocycles. The van der Waals surface area contributed by atoms with Gasteiger partial charge in [0.2, 0.25) is 5.91 Å². The molecule has 2 unspecified atom stereocenters. The first-order valence-corrected chi connectivity index (χ1v) is 9.15. The summed E-state index contributed by atoms with van der Waals surface area (Å²) >= 11 is 0. The lowest BCUT2D eigenvalue weighted by Crippen LogP contribution is -2.53. The molecule has 1 heterocycles. The van der Waals surface area contributed by atoms with E-state index in [2.05, 4.69) is 17.1 Å². The van der Waals surface area contributed by atoms with Crippen molar-refractivity contribution in [2.75, 3.05) is 13.1 Å². The Morgan fingerprint density at radius 2 is 1.90 bits per heavy atom. The second-order valence-corrected chi connectivity index (χ2v) is 7.49. The minimum atomic E-state index is 0.127. The Kier molecular flexibility index (Phi) is 6.53. The number of rotatable bonds is 6. The van der Waals surface area contributed by atoms with E-state index in [0.717, 1.165) is 13.1 Å². The lowest BCUT2D eigenvalue weighted by atomic mass is 9.89. The fraction of sp³-hybridized carbons (Fsp3) is 0.944. The minimum Gasteiger partial charge on any atom is -0.341 e. The first-order valence-electron chi connectivity index (χ1n) is 9.15. The molecule has 0 radical (unpaired) electrons. The zero-order valence-corrected chi connectivity index (χ0v) is 14.2. The van der Waals surface area contributed by atoms with Crippen molar-refractivity contribution in [3.05, 3.63) is 0 Å². The summed E-state index contributed by atoms with van der Waals surface area (Å²) in [4.78, 5) is 14.5. The van der Waals surface area contributed by atoms with Crippen LogP contribution in [-0.4, -0.2) is 36.0 Å². The van der Waals surface area contributed by atoms with Gasteiger partial charge in [0.25, 0.3) is 0 Å². The molecule has 1 saturated carbocycles. The van der Waals surface area contributed by atoms with Gasteiger partial charge in [0.15, 0.2) is 0 Å². The minimum absolute atomic E-state index is 0.127. The van der Waals surface area contributed by atoms with E-state index in [4.69, 9.17) is 0 Å². The van der Waals surface area contributed by atoms with E-state index >= 15 is 0 Å². The summed E-state index contributed by atoms with van der Waals surface area (Å²) in [7, 11) is 0. The zero-order valence-electron chi connectivity index (χ0n) is 14.2. The Balaban J connectivity index is 1.93. The van der Waals surface area contributed by atoms with Gasteiger partial charge in [0.1, 0.15) is 0 Å². The van der Waals surface area contributed by atoms with Crippen LogP contribution in [0.15, 0.2) is 0 Å². The largest absolute Gasteiger partial charge is 0.341 e. The third-order valence-corrected chi connectivity index (χ3v) is 5.14. The number of likely N-dealkylation sites (tertiary alicyclic amines) is 1. The number of nitrogens with one attached hydrogen (secondary N) is 1. The van der Waals surface area contributed by atoms with Crippen LogP contribution in [0, 0.1) is 11.8 Å².